The molecule has 3 rings (SSSR count). The van der Waals surface area contributed by atoms with Crippen LogP contribution in [-0.2, 0) is 0 Å². The summed E-state index contributed by atoms with van der Waals surface area (Å²) in [5.41, 5.74) is 1.55. The molecule has 2 aromatic rings. The minimum Gasteiger partial charge on any atom is -0.349 e. The van der Waals surface area contributed by atoms with E-state index in [0.29, 0.717) is 17.4 Å². The average molecular weight is 374 g/mol. The molecule has 0 bridgehead atoms. The number of anilines is 2. The average Bonchev–Trinajstić information content (AvgIpc) is 2.58. The second-order valence-corrected chi connectivity index (χ2v) is 6.70. The van der Waals surface area contributed by atoms with Crippen molar-refractivity contribution < 1.29 is 4.79 Å². The van der Waals surface area contributed by atoms with Gasteiger partial charge in [-0.3, -0.25) is 4.79 Å². The van der Waals surface area contributed by atoms with Gasteiger partial charge in [0.15, 0.2) is 0 Å². The Balaban J connectivity index is 1.62. The molecule has 23 heavy (non-hydrogen) atoms. The maximum absolute atomic E-state index is 12.3. The van der Waals surface area contributed by atoms with E-state index in [1.807, 2.05) is 36.4 Å². The van der Waals surface area contributed by atoms with Gasteiger partial charge in [-0.2, -0.15) is 0 Å². The number of benzene rings is 1. The molecule has 1 aromatic heterocycles. The summed E-state index contributed by atoms with van der Waals surface area (Å²) < 4.78 is 0.973. The predicted octanol–water partition coefficient (Wildman–Crippen LogP) is 4.65. The van der Waals surface area contributed by atoms with E-state index in [-0.39, 0.29) is 5.91 Å². The van der Waals surface area contributed by atoms with E-state index in [1.165, 1.54) is 19.3 Å². The normalized spacial score (nSPS) is 15.2. The number of nitrogens with zero attached hydrogens (tertiary/aromatic N) is 1. The highest BCUT2D eigenvalue weighted by Gasteiger charge is 2.16. The van der Waals surface area contributed by atoms with Gasteiger partial charge in [-0.25, -0.2) is 4.98 Å². The van der Waals surface area contributed by atoms with Crippen LogP contribution in [0.25, 0.3) is 0 Å². The van der Waals surface area contributed by atoms with E-state index in [9.17, 15) is 4.79 Å². The third kappa shape index (κ3) is 4.32. The molecule has 1 amide bonds. The number of aromatic nitrogens is 1. The van der Waals surface area contributed by atoms with Crippen molar-refractivity contribution in [3.63, 3.8) is 0 Å². The molecule has 1 fully saturated rings. The first-order chi connectivity index (χ1) is 11.2. The van der Waals surface area contributed by atoms with E-state index in [4.69, 9.17) is 0 Å². The molecule has 0 radical (unpaired) electrons. The summed E-state index contributed by atoms with van der Waals surface area (Å²) in [5.74, 6) is 0.683. The summed E-state index contributed by atoms with van der Waals surface area (Å²) in [6.45, 7) is 0. The van der Waals surface area contributed by atoms with Crippen molar-refractivity contribution in [2.24, 2.45) is 0 Å². The van der Waals surface area contributed by atoms with Crippen molar-refractivity contribution in [2.45, 2.75) is 38.1 Å². The molecule has 1 aromatic carbocycles. The Morgan fingerprint density at radius 1 is 1.09 bits per heavy atom. The molecule has 0 unspecified atom stereocenters. The molecule has 1 heterocycles. The second kappa shape index (κ2) is 7.59. The van der Waals surface area contributed by atoms with Gasteiger partial charge in [0.05, 0.1) is 11.3 Å². The van der Waals surface area contributed by atoms with Gasteiger partial charge >= 0.3 is 0 Å². The van der Waals surface area contributed by atoms with Crippen molar-refractivity contribution in [3.8, 4) is 0 Å². The minimum absolute atomic E-state index is 0.0307. The Kier molecular flexibility index (Phi) is 5.28. The van der Waals surface area contributed by atoms with Crippen LogP contribution in [0, 0.1) is 0 Å². The Bertz CT molecular complexity index is 666. The number of pyridine rings is 1. The van der Waals surface area contributed by atoms with E-state index in [0.717, 1.165) is 23.0 Å². The van der Waals surface area contributed by atoms with Crippen LogP contribution in [0.1, 0.15) is 42.5 Å². The van der Waals surface area contributed by atoms with Crippen molar-refractivity contribution in [2.75, 3.05) is 5.32 Å². The zero-order chi connectivity index (χ0) is 16.1. The smallest absolute Gasteiger partial charge is 0.253 e. The van der Waals surface area contributed by atoms with E-state index >= 15 is 0 Å². The van der Waals surface area contributed by atoms with Gasteiger partial charge < -0.3 is 10.6 Å². The molecule has 120 valence electrons. The summed E-state index contributed by atoms with van der Waals surface area (Å²) >= 11 is 3.49. The summed E-state index contributed by atoms with van der Waals surface area (Å²) in [6, 6.07) is 11.8. The SMILES string of the molecule is O=C(NC1CCCCC1)c1ccc(Nc2ccccc2Br)nc1. The lowest BCUT2D eigenvalue weighted by Gasteiger charge is -2.22. The minimum atomic E-state index is -0.0307. The highest BCUT2D eigenvalue weighted by molar-refractivity contribution is 9.10. The van der Waals surface area contributed by atoms with E-state index in [2.05, 4.69) is 31.5 Å². The highest BCUT2D eigenvalue weighted by Crippen LogP contribution is 2.24. The number of halogens is 1. The van der Waals surface area contributed by atoms with Crippen LogP contribution in [0.3, 0.4) is 0 Å². The molecule has 0 saturated heterocycles. The van der Waals surface area contributed by atoms with Gasteiger partial charge in [-0.1, -0.05) is 31.4 Å². The molecule has 2 N–H and O–H groups in total. The van der Waals surface area contributed by atoms with Crippen LogP contribution >= 0.6 is 15.9 Å². The molecule has 1 saturated carbocycles. The van der Waals surface area contributed by atoms with Crippen molar-refractivity contribution in [3.05, 3.63) is 52.6 Å². The van der Waals surface area contributed by atoms with Crippen molar-refractivity contribution in [1.29, 1.82) is 0 Å². The number of amides is 1. The number of rotatable bonds is 4. The fourth-order valence-electron chi connectivity index (χ4n) is 2.82. The number of para-hydroxylation sites is 1. The molecular formula is C18H20BrN3O. The number of nitrogens with one attached hydrogen (secondary N) is 2. The first kappa shape index (κ1) is 16.0. The standard InChI is InChI=1S/C18H20BrN3O/c19-15-8-4-5-9-16(15)22-17-11-10-13(12-20-17)18(23)21-14-6-2-1-3-7-14/h4-5,8-12,14H,1-3,6-7H2,(H,20,22)(H,21,23). The Hall–Kier alpha value is -1.88. The van der Waals surface area contributed by atoms with Crippen LogP contribution in [-0.4, -0.2) is 16.9 Å². The van der Waals surface area contributed by atoms with Crippen LogP contribution in [0.4, 0.5) is 11.5 Å². The zero-order valence-corrected chi connectivity index (χ0v) is 14.5. The quantitative estimate of drug-likeness (QED) is 0.819. The lowest BCUT2D eigenvalue weighted by atomic mass is 9.95. The summed E-state index contributed by atoms with van der Waals surface area (Å²) in [7, 11) is 0. The number of hydrogen-bond donors (Lipinski definition) is 2. The van der Waals surface area contributed by atoms with Gasteiger partial charge in [0.25, 0.3) is 5.91 Å². The summed E-state index contributed by atoms with van der Waals surface area (Å²) in [4.78, 5) is 16.6. The fraction of sp³-hybridized carbons (Fsp3) is 0.333. The van der Waals surface area contributed by atoms with Crippen LogP contribution in [0.15, 0.2) is 47.1 Å². The van der Waals surface area contributed by atoms with Crippen LogP contribution in [0.5, 0.6) is 0 Å². The van der Waals surface area contributed by atoms with Gasteiger partial charge in [0.1, 0.15) is 5.82 Å². The number of hydrogen-bond acceptors (Lipinski definition) is 3. The van der Waals surface area contributed by atoms with Crippen LogP contribution in [0.2, 0.25) is 0 Å². The van der Waals surface area contributed by atoms with Gasteiger partial charge in [-0.15, -0.1) is 0 Å². The topological polar surface area (TPSA) is 54.0 Å². The molecular weight excluding hydrogens is 354 g/mol. The Morgan fingerprint density at radius 3 is 2.57 bits per heavy atom. The van der Waals surface area contributed by atoms with Gasteiger partial charge in [0.2, 0.25) is 0 Å². The third-order valence-electron chi connectivity index (χ3n) is 4.10. The predicted molar refractivity (Wildman–Crippen MR) is 96.0 cm³/mol. The van der Waals surface area contributed by atoms with E-state index < -0.39 is 0 Å². The monoisotopic (exact) mass is 373 g/mol. The van der Waals surface area contributed by atoms with E-state index in [1.54, 1.807) is 6.20 Å². The van der Waals surface area contributed by atoms with Gasteiger partial charge in [-0.05, 0) is 53.0 Å². The third-order valence-corrected chi connectivity index (χ3v) is 4.79. The highest BCUT2D eigenvalue weighted by atomic mass is 79.9. The second-order valence-electron chi connectivity index (χ2n) is 5.85. The molecule has 5 heteroatoms. The van der Waals surface area contributed by atoms with Crippen molar-refractivity contribution in [1.82, 2.24) is 10.3 Å². The van der Waals surface area contributed by atoms with Crippen molar-refractivity contribution >= 4 is 33.3 Å². The molecule has 1 aliphatic carbocycles. The maximum Gasteiger partial charge on any atom is 0.253 e. The fourth-order valence-corrected chi connectivity index (χ4v) is 3.20. The first-order valence-corrected chi connectivity index (χ1v) is 8.80. The summed E-state index contributed by atoms with van der Waals surface area (Å²) in [5, 5.41) is 6.34. The molecule has 0 spiro atoms. The first-order valence-electron chi connectivity index (χ1n) is 8.01. The molecule has 0 aliphatic heterocycles. The maximum atomic E-state index is 12.3. The molecule has 0 atom stereocenters. The molecule has 1 aliphatic rings. The Morgan fingerprint density at radius 2 is 1.87 bits per heavy atom. The largest absolute Gasteiger partial charge is 0.349 e. The summed E-state index contributed by atoms with van der Waals surface area (Å²) in [6.07, 6.45) is 7.48. The number of carbonyl (C=O) groups excluding carboxylic acids is 1. The zero-order valence-electron chi connectivity index (χ0n) is 12.9. The Labute approximate surface area is 144 Å². The lowest BCUT2D eigenvalue weighted by molar-refractivity contribution is 0.0927. The molecule has 4 nitrogen and oxygen atoms in total. The number of carbonyl (C=O) groups is 1. The van der Waals surface area contributed by atoms with Crippen LogP contribution < -0.4 is 10.6 Å². The van der Waals surface area contributed by atoms with Gasteiger partial charge in [0, 0.05) is 16.7 Å². The lowest BCUT2D eigenvalue weighted by Crippen LogP contribution is -2.36.